The number of carboxylic acids is 1. The molecule has 0 aliphatic rings. The number of carboxylic acid groups (broad SMARTS) is 1. The number of hydrogen-bond acceptors (Lipinski definition) is 3. The summed E-state index contributed by atoms with van der Waals surface area (Å²) in [5.74, 6) is -2.00. The predicted molar refractivity (Wildman–Crippen MR) is 62.2 cm³/mol. The van der Waals surface area contributed by atoms with E-state index in [-0.39, 0.29) is 30.2 Å². The molecule has 98 valence electrons. The van der Waals surface area contributed by atoms with Gasteiger partial charge in [0.15, 0.2) is 0 Å². The lowest BCUT2D eigenvalue weighted by Gasteiger charge is -2.12. The second-order valence-electron chi connectivity index (χ2n) is 3.83. The quantitative estimate of drug-likeness (QED) is 0.863. The number of rotatable bonds is 5. The fraction of sp³-hybridized carbons (Fsp3) is 0.333. The zero-order valence-electron chi connectivity index (χ0n) is 10.1. The first kappa shape index (κ1) is 14.0. The van der Waals surface area contributed by atoms with Gasteiger partial charge in [-0.05, 0) is 18.2 Å². The summed E-state index contributed by atoms with van der Waals surface area (Å²) in [6.07, 6.45) is 0.128. The van der Waals surface area contributed by atoms with Gasteiger partial charge in [-0.1, -0.05) is 0 Å². The van der Waals surface area contributed by atoms with E-state index in [1.165, 1.54) is 11.0 Å². The molecule has 1 N–H and O–H groups in total. The molecule has 0 saturated heterocycles. The van der Waals surface area contributed by atoms with Crippen LogP contribution in [0.1, 0.15) is 16.8 Å². The monoisotopic (exact) mass is 255 g/mol. The molecule has 0 saturated carbocycles. The summed E-state index contributed by atoms with van der Waals surface area (Å²) in [6.45, 7) is 0.0446. The van der Waals surface area contributed by atoms with E-state index in [0.29, 0.717) is 0 Å². The van der Waals surface area contributed by atoms with Gasteiger partial charge in [0, 0.05) is 14.1 Å². The lowest BCUT2D eigenvalue weighted by molar-refractivity contribution is -0.129. The summed E-state index contributed by atoms with van der Waals surface area (Å²) in [5, 5.41) is 8.87. The van der Waals surface area contributed by atoms with Crippen LogP contribution in [0.3, 0.4) is 0 Å². The summed E-state index contributed by atoms with van der Waals surface area (Å²) in [6, 6.07) is 3.22. The van der Waals surface area contributed by atoms with Crippen LogP contribution in [-0.4, -0.2) is 42.6 Å². The minimum atomic E-state index is -1.27. The molecule has 0 aliphatic heterocycles. The zero-order valence-corrected chi connectivity index (χ0v) is 10.1. The van der Waals surface area contributed by atoms with Crippen molar-refractivity contribution in [3.05, 3.63) is 29.6 Å². The van der Waals surface area contributed by atoms with Crippen molar-refractivity contribution in [3.63, 3.8) is 0 Å². The number of amides is 1. The van der Waals surface area contributed by atoms with Gasteiger partial charge in [0.1, 0.15) is 17.1 Å². The molecule has 0 radical (unpaired) electrons. The van der Waals surface area contributed by atoms with Crippen LogP contribution >= 0.6 is 0 Å². The van der Waals surface area contributed by atoms with E-state index in [1.54, 1.807) is 14.1 Å². The molecule has 1 amide bonds. The Bertz CT molecular complexity index is 459. The Morgan fingerprint density at radius 2 is 2.06 bits per heavy atom. The van der Waals surface area contributed by atoms with Crippen LogP contribution < -0.4 is 4.74 Å². The van der Waals surface area contributed by atoms with E-state index < -0.39 is 11.8 Å². The molecule has 0 heterocycles. The van der Waals surface area contributed by atoms with Gasteiger partial charge in [-0.25, -0.2) is 9.18 Å². The highest BCUT2D eigenvalue weighted by Gasteiger charge is 2.13. The molecule has 0 aliphatic carbocycles. The van der Waals surface area contributed by atoms with E-state index in [1.807, 2.05) is 0 Å². The van der Waals surface area contributed by atoms with Crippen LogP contribution in [0.25, 0.3) is 0 Å². The number of halogens is 1. The van der Waals surface area contributed by atoms with Crippen LogP contribution in [0.15, 0.2) is 18.2 Å². The minimum absolute atomic E-state index is 0.0446. The first-order valence-electron chi connectivity index (χ1n) is 5.27. The standard InChI is InChI=1S/C12H14FNO4/c1-14(2)11(15)5-6-18-10-4-3-8(13)7-9(10)12(16)17/h3-4,7H,5-6H2,1-2H3,(H,16,17). The number of ether oxygens (including phenoxy) is 1. The Morgan fingerprint density at radius 3 is 2.61 bits per heavy atom. The molecule has 0 atom stereocenters. The van der Waals surface area contributed by atoms with Crippen molar-refractivity contribution in [2.75, 3.05) is 20.7 Å². The maximum Gasteiger partial charge on any atom is 0.339 e. The molecule has 0 fully saturated rings. The average Bonchev–Trinajstić information content (AvgIpc) is 2.30. The van der Waals surface area contributed by atoms with Crippen molar-refractivity contribution >= 4 is 11.9 Å². The lowest BCUT2D eigenvalue weighted by atomic mass is 10.2. The Labute approximate surface area is 104 Å². The Hall–Kier alpha value is -2.11. The maximum atomic E-state index is 12.9. The number of carbonyl (C=O) groups excluding carboxylic acids is 1. The van der Waals surface area contributed by atoms with Gasteiger partial charge in [-0.3, -0.25) is 4.79 Å². The number of hydrogen-bond donors (Lipinski definition) is 1. The van der Waals surface area contributed by atoms with Crippen molar-refractivity contribution in [2.45, 2.75) is 6.42 Å². The second-order valence-corrected chi connectivity index (χ2v) is 3.83. The summed E-state index contributed by atoms with van der Waals surface area (Å²) < 4.78 is 18.1. The van der Waals surface area contributed by atoms with Gasteiger partial charge in [0.25, 0.3) is 0 Å². The van der Waals surface area contributed by atoms with Crippen molar-refractivity contribution in [2.24, 2.45) is 0 Å². The van der Waals surface area contributed by atoms with Gasteiger partial charge in [0.05, 0.1) is 13.0 Å². The van der Waals surface area contributed by atoms with Crippen LogP contribution in [0, 0.1) is 5.82 Å². The SMILES string of the molecule is CN(C)C(=O)CCOc1ccc(F)cc1C(=O)O. The molecule has 1 rings (SSSR count). The molecule has 0 bridgehead atoms. The Balaban J connectivity index is 2.68. The van der Waals surface area contributed by atoms with Crippen molar-refractivity contribution < 1.29 is 23.8 Å². The van der Waals surface area contributed by atoms with Gasteiger partial charge >= 0.3 is 5.97 Å². The largest absolute Gasteiger partial charge is 0.492 e. The van der Waals surface area contributed by atoms with Gasteiger partial charge in [-0.15, -0.1) is 0 Å². The fourth-order valence-corrected chi connectivity index (χ4v) is 1.27. The molecule has 0 aromatic heterocycles. The average molecular weight is 255 g/mol. The number of benzene rings is 1. The van der Waals surface area contributed by atoms with E-state index in [9.17, 15) is 14.0 Å². The van der Waals surface area contributed by atoms with Crippen molar-refractivity contribution in [3.8, 4) is 5.75 Å². The second kappa shape index (κ2) is 6.00. The van der Waals surface area contributed by atoms with Gasteiger partial charge < -0.3 is 14.7 Å². The smallest absolute Gasteiger partial charge is 0.339 e. The van der Waals surface area contributed by atoms with E-state index in [2.05, 4.69) is 0 Å². The third kappa shape index (κ3) is 3.73. The Morgan fingerprint density at radius 1 is 1.39 bits per heavy atom. The van der Waals surface area contributed by atoms with Crippen molar-refractivity contribution in [1.29, 1.82) is 0 Å². The topological polar surface area (TPSA) is 66.8 Å². The molecular formula is C12H14FNO4. The van der Waals surface area contributed by atoms with Crippen LogP contribution in [0.5, 0.6) is 5.75 Å². The lowest BCUT2D eigenvalue weighted by Crippen LogP contribution is -2.23. The third-order valence-corrected chi connectivity index (χ3v) is 2.24. The molecular weight excluding hydrogens is 241 g/mol. The number of carbonyl (C=O) groups is 2. The first-order chi connectivity index (χ1) is 8.41. The molecule has 0 unspecified atom stereocenters. The summed E-state index contributed by atoms with van der Waals surface area (Å²) >= 11 is 0. The van der Waals surface area contributed by atoms with E-state index >= 15 is 0 Å². The van der Waals surface area contributed by atoms with E-state index in [4.69, 9.17) is 9.84 Å². The minimum Gasteiger partial charge on any atom is -0.492 e. The highest BCUT2D eigenvalue weighted by molar-refractivity contribution is 5.90. The summed E-state index contributed by atoms with van der Waals surface area (Å²) in [5.41, 5.74) is -0.257. The fourth-order valence-electron chi connectivity index (χ4n) is 1.27. The summed E-state index contributed by atoms with van der Waals surface area (Å²) in [4.78, 5) is 23.5. The van der Waals surface area contributed by atoms with Gasteiger partial charge in [0.2, 0.25) is 5.91 Å². The molecule has 1 aromatic rings. The number of aromatic carboxylic acids is 1. The number of nitrogens with zero attached hydrogens (tertiary/aromatic N) is 1. The zero-order chi connectivity index (χ0) is 13.7. The Kier molecular flexibility index (Phi) is 4.65. The summed E-state index contributed by atoms with van der Waals surface area (Å²) in [7, 11) is 3.23. The highest BCUT2D eigenvalue weighted by atomic mass is 19.1. The van der Waals surface area contributed by atoms with Crippen LogP contribution in [0.2, 0.25) is 0 Å². The maximum absolute atomic E-state index is 12.9. The van der Waals surface area contributed by atoms with Gasteiger partial charge in [-0.2, -0.15) is 0 Å². The normalized spacial score (nSPS) is 9.94. The molecule has 5 nitrogen and oxygen atoms in total. The molecule has 6 heteroatoms. The molecule has 1 aromatic carbocycles. The van der Waals surface area contributed by atoms with Crippen LogP contribution in [-0.2, 0) is 4.79 Å². The predicted octanol–water partition coefficient (Wildman–Crippen LogP) is 1.38. The van der Waals surface area contributed by atoms with E-state index in [0.717, 1.165) is 12.1 Å². The highest BCUT2D eigenvalue weighted by Crippen LogP contribution is 2.19. The molecule has 18 heavy (non-hydrogen) atoms. The van der Waals surface area contributed by atoms with Crippen molar-refractivity contribution in [1.82, 2.24) is 4.90 Å². The third-order valence-electron chi connectivity index (χ3n) is 2.24. The first-order valence-corrected chi connectivity index (χ1v) is 5.27. The van der Waals surface area contributed by atoms with Crippen LogP contribution in [0.4, 0.5) is 4.39 Å². The molecule has 0 spiro atoms.